The van der Waals surface area contributed by atoms with Gasteiger partial charge in [-0.05, 0) is 43.5 Å². The average Bonchev–Trinajstić information content (AvgIpc) is 2.63. The number of pyridine rings is 1. The minimum atomic E-state index is 0.189. The molecule has 1 aliphatic heterocycles. The van der Waals surface area contributed by atoms with E-state index in [9.17, 15) is 0 Å². The number of aromatic nitrogens is 3. The highest BCUT2D eigenvalue weighted by atomic mass is 35.5. The molecule has 1 aliphatic rings. The fourth-order valence-corrected chi connectivity index (χ4v) is 3.27. The molecule has 0 aliphatic carbocycles. The first kappa shape index (κ1) is 16.9. The number of anilines is 1. The van der Waals surface area contributed by atoms with Crippen LogP contribution in [0.5, 0.6) is 5.88 Å². The highest BCUT2D eigenvalue weighted by Gasteiger charge is 2.22. The zero-order valence-electron chi connectivity index (χ0n) is 13.9. The van der Waals surface area contributed by atoms with Gasteiger partial charge in [0.2, 0.25) is 5.88 Å². The van der Waals surface area contributed by atoms with E-state index in [1.165, 1.54) is 0 Å². The van der Waals surface area contributed by atoms with Crippen molar-refractivity contribution in [3.8, 4) is 5.88 Å². The topological polar surface area (TPSA) is 63.2 Å². The Balaban J connectivity index is 1.55. The zero-order valence-corrected chi connectivity index (χ0v) is 14.7. The van der Waals surface area contributed by atoms with E-state index < -0.39 is 0 Å². The number of hydrogen-bond donors (Lipinski definition) is 1. The Labute approximate surface area is 147 Å². The van der Waals surface area contributed by atoms with E-state index in [0.717, 1.165) is 37.3 Å². The van der Waals surface area contributed by atoms with E-state index in [0.29, 0.717) is 16.9 Å². The second-order valence-corrected chi connectivity index (χ2v) is 6.40. The Hall–Kier alpha value is -1.92. The molecule has 128 valence electrons. The number of ether oxygens (including phenoxy) is 1. The van der Waals surface area contributed by atoms with E-state index in [2.05, 4.69) is 32.3 Å². The monoisotopic (exact) mass is 347 g/mol. The maximum atomic E-state index is 6.17. The maximum Gasteiger partial charge on any atom is 0.232 e. The van der Waals surface area contributed by atoms with E-state index in [-0.39, 0.29) is 6.04 Å². The summed E-state index contributed by atoms with van der Waals surface area (Å²) >= 11 is 6.17. The Morgan fingerprint density at radius 2 is 2.17 bits per heavy atom. The van der Waals surface area contributed by atoms with Gasteiger partial charge in [0.1, 0.15) is 5.02 Å². The smallest absolute Gasteiger partial charge is 0.232 e. The number of halogens is 1. The maximum absolute atomic E-state index is 6.17. The summed E-state index contributed by atoms with van der Waals surface area (Å²) in [6.45, 7) is 4.09. The molecule has 0 spiro atoms. The molecule has 0 radical (unpaired) electrons. The van der Waals surface area contributed by atoms with E-state index in [1.807, 2.05) is 24.4 Å². The van der Waals surface area contributed by atoms with E-state index >= 15 is 0 Å². The highest BCUT2D eigenvalue weighted by Crippen LogP contribution is 2.26. The SMILES string of the molecule is COc1ncc(C(C)NC2CCN(c3cccnn3)CC2)cc1Cl. The Bertz CT molecular complexity index is 661. The van der Waals surface area contributed by atoms with Crippen molar-refractivity contribution in [1.82, 2.24) is 20.5 Å². The van der Waals surface area contributed by atoms with Crippen molar-refractivity contribution in [2.24, 2.45) is 0 Å². The van der Waals surface area contributed by atoms with Gasteiger partial charge < -0.3 is 15.0 Å². The molecule has 3 heterocycles. The van der Waals surface area contributed by atoms with Gasteiger partial charge in [0.05, 0.1) is 7.11 Å². The first-order valence-electron chi connectivity index (χ1n) is 8.15. The third-order valence-electron chi connectivity index (χ3n) is 4.38. The van der Waals surface area contributed by atoms with Crippen LogP contribution in [0.15, 0.2) is 30.6 Å². The summed E-state index contributed by atoms with van der Waals surface area (Å²) in [6, 6.07) is 6.51. The van der Waals surface area contributed by atoms with E-state index in [1.54, 1.807) is 13.3 Å². The standard InChI is InChI=1S/C17H22ClN5O/c1-12(13-10-15(18)17(24-2)19-11-13)21-14-5-8-23(9-6-14)16-4-3-7-20-22-16/h3-4,7,10-12,14,21H,5-6,8-9H2,1-2H3. The largest absolute Gasteiger partial charge is 0.480 e. The number of rotatable bonds is 5. The van der Waals surface area contributed by atoms with Crippen LogP contribution in [0.2, 0.25) is 5.02 Å². The molecular formula is C17H22ClN5O. The predicted molar refractivity (Wildman–Crippen MR) is 94.6 cm³/mol. The highest BCUT2D eigenvalue weighted by molar-refractivity contribution is 6.31. The number of piperidine rings is 1. The van der Waals surface area contributed by atoms with Crippen LogP contribution in [0.3, 0.4) is 0 Å². The summed E-state index contributed by atoms with van der Waals surface area (Å²) in [4.78, 5) is 6.52. The van der Waals surface area contributed by atoms with E-state index in [4.69, 9.17) is 16.3 Å². The lowest BCUT2D eigenvalue weighted by Crippen LogP contribution is -2.43. The number of hydrogen-bond acceptors (Lipinski definition) is 6. The molecule has 24 heavy (non-hydrogen) atoms. The van der Waals surface area contributed by atoms with Crippen LogP contribution in [0, 0.1) is 0 Å². The fraction of sp³-hybridized carbons (Fsp3) is 0.471. The Morgan fingerprint density at radius 1 is 1.38 bits per heavy atom. The zero-order chi connectivity index (χ0) is 16.9. The number of methoxy groups -OCH3 is 1. The third kappa shape index (κ3) is 3.94. The molecule has 6 nitrogen and oxygen atoms in total. The second-order valence-electron chi connectivity index (χ2n) is 5.99. The minimum Gasteiger partial charge on any atom is -0.480 e. The van der Waals surface area contributed by atoms with Gasteiger partial charge in [-0.3, -0.25) is 0 Å². The third-order valence-corrected chi connectivity index (χ3v) is 4.66. The van der Waals surface area contributed by atoms with Crippen LogP contribution in [0.1, 0.15) is 31.4 Å². The van der Waals surface area contributed by atoms with Gasteiger partial charge >= 0.3 is 0 Å². The number of nitrogens with zero attached hydrogens (tertiary/aromatic N) is 4. The molecule has 2 aromatic heterocycles. The van der Waals surface area contributed by atoms with Gasteiger partial charge in [0.15, 0.2) is 5.82 Å². The van der Waals surface area contributed by atoms with Crippen LogP contribution in [-0.2, 0) is 0 Å². The van der Waals surface area contributed by atoms with Gasteiger partial charge in [-0.1, -0.05) is 11.6 Å². The van der Waals surface area contributed by atoms with Crippen LogP contribution in [0.25, 0.3) is 0 Å². The summed E-state index contributed by atoms with van der Waals surface area (Å²) in [5, 5.41) is 12.3. The molecule has 1 fully saturated rings. The van der Waals surface area contributed by atoms with Gasteiger partial charge in [-0.2, -0.15) is 5.10 Å². The molecule has 3 rings (SSSR count). The quantitative estimate of drug-likeness (QED) is 0.897. The Kier molecular flexibility index (Phi) is 5.48. The van der Waals surface area contributed by atoms with Gasteiger partial charge in [0.25, 0.3) is 0 Å². The van der Waals surface area contributed by atoms with Crippen molar-refractivity contribution in [2.75, 3.05) is 25.1 Å². The van der Waals surface area contributed by atoms with Crippen molar-refractivity contribution >= 4 is 17.4 Å². The summed E-state index contributed by atoms with van der Waals surface area (Å²) in [5.41, 5.74) is 1.07. The molecule has 1 unspecified atom stereocenters. The molecule has 0 bridgehead atoms. The van der Waals surface area contributed by atoms with Crippen molar-refractivity contribution in [3.63, 3.8) is 0 Å². The van der Waals surface area contributed by atoms with Gasteiger partial charge in [-0.15, -0.1) is 5.10 Å². The van der Waals surface area contributed by atoms with Crippen molar-refractivity contribution < 1.29 is 4.74 Å². The molecule has 0 saturated carbocycles. The van der Waals surface area contributed by atoms with Gasteiger partial charge in [0, 0.05) is 37.6 Å². The molecule has 7 heteroatoms. The normalized spacial score (nSPS) is 16.9. The molecule has 2 aromatic rings. The average molecular weight is 348 g/mol. The van der Waals surface area contributed by atoms with Crippen LogP contribution < -0.4 is 15.0 Å². The van der Waals surface area contributed by atoms with Crippen molar-refractivity contribution in [1.29, 1.82) is 0 Å². The summed E-state index contributed by atoms with van der Waals surface area (Å²) in [5.74, 6) is 1.42. The lowest BCUT2D eigenvalue weighted by atomic mass is 10.0. The first-order valence-corrected chi connectivity index (χ1v) is 8.53. The Morgan fingerprint density at radius 3 is 2.79 bits per heavy atom. The molecule has 0 amide bonds. The number of nitrogens with one attached hydrogen (secondary N) is 1. The summed E-state index contributed by atoms with van der Waals surface area (Å²) < 4.78 is 5.10. The first-order chi connectivity index (χ1) is 11.7. The van der Waals surface area contributed by atoms with Crippen molar-refractivity contribution in [2.45, 2.75) is 31.8 Å². The molecular weight excluding hydrogens is 326 g/mol. The molecule has 1 atom stereocenters. The summed E-state index contributed by atoms with van der Waals surface area (Å²) in [6.07, 6.45) is 5.65. The van der Waals surface area contributed by atoms with Crippen molar-refractivity contribution in [3.05, 3.63) is 41.2 Å². The lowest BCUT2D eigenvalue weighted by molar-refractivity contribution is 0.377. The summed E-state index contributed by atoms with van der Waals surface area (Å²) in [7, 11) is 1.57. The molecule has 1 saturated heterocycles. The molecule has 1 N–H and O–H groups in total. The second kappa shape index (κ2) is 7.77. The molecule has 0 aromatic carbocycles. The van der Waals surface area contributed by atoms with Crippen LogP contribution in [-0.4, -0.2) is 41.4 Å². The van der Waals surface area contributed by atoms with Gasteiger partial charge in [-0.25, -0.2) is 4.98 Å². The fourth-order valence-electron chi connectivity index (χ4n) is 3.01. The lowest BCUT2D eigenvalue weighted by Gasteiger charge is -2.34. The van der Waals surface area contributed by atoms with Crippen LogP contribution >= 0.6 is 11.6 Å². The predicted octanol–water partition coefficient (Wildman–Crippen LogP) is 2.85. The van der Waals surface area contributed by atoms with Crippen LogP contribution in [0.4, 0.5) is 5.82 Å². The minimum absolute atomic E-state index is 0.189.